The fourth-order valence-electron chi connectivity index (χ4n) is 3.74. The van der Waals surface area contributed by atoms with Crippen LogP contribution >= 0.6 is 0 Å². The molecule has 3 aromatic heterocycles. The van der Waals surface area contributed by atoms with E-state index in [0.29, 0.717) is 28.3 Å². The van der Waals surface area contributed by atoms with E-state index < -0.39 is 0 Å². The number of hydrogen-bond donors (Lipinski definition) is 1. The van der Waals surface area contributed by atoms with Gasteiger partial charge < -0.3 is 14.8 Å². The van der Waals surface area contributed by atoms with Crippen LogP contribution in [0.2, 0.25) is 0 Å². The fraction of sp³-hybridized carbons (Fsp3) is 0.143. The van der Waals surface area contributed by atoms with Gasteiger partial charge in [-0.05, 0) is 36.2 Å². The maximum Gasteiger partial charge on any atom is 0.156 e. The number of rotatable bonds is 7. The monoisotopic (exact) mass is 463 g/mol. The number of benzene rings is 2. The quantitative estimate of drug-likeness (QED) is 0.286. The third-order valence-corrected chi connectivity index (χ3v) is 5.61. The molecule has 1 N–H and O–H groups in total. The van der Waals surface area contributed by atoms with E-state index >= 15 is 0 Å². The van der Waals surface area contributed by atoms with Crippen LogP contribution in [-0.2, 0) is 0 Å². The Labute approximate surface area is 203 Å². The van der Waals surface area contributed by atoms with Gasteiger partial charge in [-0.1, -0.05) is 44.2 Å². The van der Waals surface area contributed by atoms with E-state index in [1.807, 2.05) is 60.7 Å². The van der Waals surface area contributed by atoms with Crippen molar-refractivity contribution in [2.45, 2.75) is 19.8 Å². The zero-order valence-electron chi connectivity index (χ0n) is 19.8. The summed E-state index contributed by atoms with van der Waals surface area (Å²) in [5, 5.41) is 12.3. The Balaban J connectivity index is 1.36. The Bertz CT molecular complexity index is 1450. The van der Waals surface area contributed by atoms with Gasteiger partial charge in [-0.2, -0.15) is 0 Å². The summed E-state index contributed by atoms with van der Waals surface area (Å²) in [5.41, 5.74) is 5.28. The molecule has 0 saturated carbocycles. The summed E-state index contributed by atoms with van der Waals surface area (Å²) in [6.07, 6.45) is 3.35. The number of methoxy groups -OCH3 is 1. The maximum atomic E-state index is 6.10. The normalized spacial score (nSPS) is 11.0. The number of ether oxygens (including phenoxy) is 2. The van der Waals surface area contributed by atoms with Crippen molar-refractivity contribution in [2.24, 2.45) is 0 Å². The van der Waals surface area contributed by atoms with Gasteiger partial charge in [0.05, 0.1) is 24.5 Å². The van der Waals surface area contributed by atoms with Crippen molar-refractivity contribution in [3.05, 3.63) is 90.8 Å². The van der Waals surface area contributed by atoms with E-state index in [4.69, 9.17) is 9.47 Å². The van der Waals surface area contributed by atoms with Crippen LogP contribution in [0.1, 0.15) is 25.3 Å². The van der Waals surface area contributed by atoms with Gasteiger partial charge in [-0.3, -0.25) is 4.98 Å². The van der Waals surface area contributed by atoms with Crippen molar-refractivity contribution in [1.29, 1.82) is 0 Å². The predicted octanol–water partition coefficient (Wildman–Crippen LogP) is 6.75. The van der Waals surface area contributed by atoms with Crippen LogP contribution in [0, 0.1) is 0 Å². The van der Waals surface area contributed by atoms with Crippen LogP contribution in [0.4, 0.5) is 11.5 Å². The number of hydrogen-bond acceptors (Lipinski definition) is 7. The first kappa shape index (κ1) is 22.3. The topological polar surface area (TPSA) is 82.0 Å². The average Bonchev–Trinajstić information content (AvgIpc) is 2.90. The summed E-state index contributed by atoms with van der Waals surface area (Å²) < 4.78 is 11.3. The molecule has 0 bridgehead atoms. The minimum Gasteiger partial charge on any atom is -0.495 e. The molecule has 2 aromatic carbocycles. The van der Waals surface area contributed by atoms with Crippen LogP contribution in [0.25, 0.3) is 22.3 Å². The van der Waals surface area contributed by atoms with E-state index in [9.17, 15) is 0 Å². The second-order valence-electron chi connectivity index (χ2n) is 8.36. The van der Waals surface area contributed by atoms with Gasteiger partial charge >= 0.3 is 0 Å². The highest BCUT2D eigenvalue weighted by atomic mass is 16.5. The van der Waals surface area contributed by atoms with Gasteiger partial charge in [0.1, 0.15) is 17.0 Å². The van der Waals surface area contributed by atoms with E-state index in [1.54, 1.807) is 25.6 Å². The molecule has 35 heavy (non-hydrogen) atoms. The minimum absolute atomic E-state index is 0.282. The summed E-state index contributed by atoms with van der Waals surface area (Å²) in [6, 6.07) is 23.5. The zero-order valence-corrected chi connectivity index (χ0v) is 19.8. The molecule has 0 aliphatic carbocycles. The molecule has 0 unspecified atom stereocenters. The number of fused-ring (bicyclic) bond motifs is 1. The maximum absolute atomic E-state index is 6.10. The van der Waals surface area contributed by atoms with Gasteiger partial charge in [0.15, 0.2) is 11.6 Å². The predicted molar refractivity (Wildman–Crippen MR) is 137 cm³/mol. The first-order valence-electron chi connectivity index (χ1n) is 11.4. The van der Waals surface area contributed by atoms with Crippen molar-refractivity contribution in [2.75, 3.05) is 12.4 Å². The molecule has 0 fully saturated rings. The summed E-state index contributed by atoms with van der Waals surface area (Å²) in [5.74, 6) is 2.99. The van der Waals surface area contributed by atoms with Gasteiger partial charge in [0.2, 0.25) is 0 Å². The third-order valence-electron chi connectivity index (χ3n) is 5.61. The van der Waals surface area contributed by atoms with E-state index in [-0.39, 0.29) is 5.92 Å². The van der Waals surface area contributed by atoms with E-state index in [2.05, 4.69) is 45.4 Å². The second kappa shape index (κ2) is 9.77. The molecule has 0 saturated heterocycles. The first-order chi connectivity index (χ1) is 17.1. The van der Waals surface area contributed by atoms with Crippen molar-refractivity contribution in [3.63, 3.8) is 0 Å². The van der Waals surface area contributed by atoms with Gasteiger partial charge in [-0.15, -0.1) is 10.2 Å². The Morgan fingerprint density at radius 1 is 0.829 bits per heavy atom. The second-order valence-corrected chi connectivity index (χ2v) is 8.36. The zero-order chi connectivity index (χ0) is 24.2. The summed E-state index contributed by atoms with van der Waals surface area (Å²) in [7, 11) is 1.60. The SMILES string of the molecule is COc1cnc2c(Oc3ccc(Nc4nnc(-c5ccccc5)cc4C(C)C)cc3)ccnc2c1. The molecule has 0 aliphatic rings. The molecule has 5 rings (SSSR count). The minimum atomic E-state index is 0.282. The largest absolute Gasteiger partial charge is 0.495 e. The smallest absolute Gasteiger partial charge is 0.156 e. The van der Waals surface area contributed by atoms with Crippen LogP contribution in [0.5, 0.6) is 17.2 Å². The van der Waals surface area contributed by atoms with E-state index in [0.717, 1.165) is 28.3 Å². The number of aromatic nitrogens is 4. The summed E-state index contributed by atoms with van der Waals surface area (Å²) in [6.45, 7) is 4.30. The Hall–Kier alpha value is -4.52. The molecule has 0 atom stereocenters. The number of anilines is 2. The van der Waals surface area contributed by atoms with Crippen molar-refractivity contribution < 1.29 is 9.47 Å². The van der Waals surface area contributed by atoms with Crippen LogP contribution in [-0.4, -0.2) is 27.3 Å². The molecule has 7 heteroatoms. The van der Waals surface area contributed by atoms with Crippen molar-refractivity contribution in [1.82, 2.24) is 20.2 Å². The van der Waals surface area contributed by atoms with Crippen molar-refractivity contribution in [3.8, 4) is 28.5 Å². The summed E-state index contributed by atoms with van der Waals surface area (Å²) in [4.78, 5) is 8.79. The number of nitrogens with one attached hydrogen (secondary N) is 1. The molecule has 0 amide bonds. The molecule has 0 radical (unpaired) electrons. The molecule has 3 heterocycles. The van der Waals surface area contributed by atoms with Crippen LogP contribution < -0.4 is 14.8 Å². The van der Waals surface area contributed by atoms with Crippen molar-refractivity contribution >= 4 is 22.5 Å². The molecular formula is C28H25N5O2. The fourth-order valence-corrected chi connectivity index (χ4v) is 3.74. The lowest BCUT2D eigenvalue weighted by Crippen LogP contribution is -2.03. The molecule has 7 nitrogen and oxygen atoms in total. The molecule has 174 valence electrons. The molecule has 0 aliphatic heterocycles. The first-order valence-corrected chi connectivity index (χ1v) is 11.4. The molecule has 0 spiro atoms. The number of nitrogens with zero attached hydrogens (tertiary/aromatic N) is 4. The standard InChI is InChI=1S/C28H25N5O2/c1-18(2)23-16-24(19-7-5-4-6-8-19)32-33-28(23)31-20-9-11-21(12-10-20)35-26-13-14-29-25-15-22(34-3)17-30-27(25)26/h4-18H,1-3H3,(H,31,33). The number of pyridine rings is 2. The lowest BCUT2D eigenvalue weighted by molar-refractivity contribution is 0.413. The Kier molecular flexibility index (Phi) is 6.22. The van der Waals surface area contributed by atoms with Gasteiger partial charge in [0, 0.05) is 35.1 Å². The highest BCUT2D eigenvalue weighted by molar-refractivity contribution is 5.81. The van der Waals surface area contributed by atoms with Crippen LogP contribution in [0.15, 0.2) is 85.2 Å². The Morgan fingerprint density at radius 2 is 1.63 bits per heavy atom. The lowest BCUT2D eigenvalue weighted by atomic mass is 10.0. The van der Waals surface area contributed by atoms with Gasteiger partial charge in [0.25, 0.3) is 0 Å². The van der Waals surface area contributed by atoms with E-state index in [1.165, 1.54) is 0 Å². The molecular weight excluding hydrogens is 438 g/mol. The highest BCUT2D eigenvalue weighted by Gasteiger charge is 2.13. The lowest BCUT2D eigenvalue weighted by Gasteiger charge is -2.15. The highest BCUT2D eigenvalue weighted by Crippen LogP contribution is 2.31. The summed E-state index contributed by atoms with van der Waals surface area (Å²) >= 11 is 0. The third kappa shape index (κ3) is 4.89. The molecule has 5 aromatic rings. The van der Waals surface area contributed by atoms with Gasteiger partial charge in [-0.25, -0.2) is 4.98 Å². The Morgan fingerprint density at radius 3 is 2.37 bits per heavy atom. The van der Waals surface area contributed by atoms with Crippen LogP contribution in [0.3, 0.4) is 0 Å². The average molecular weight is 464 g/mol.